The zero-order valence-electron chi connectivity index (χ0n) is 11.9. The minimum atomic E-state index is 0.136. The largest absolute Gasteiger partial charge is 0.352 e. The number of carbonyl (C=O) groups is 1. The van der Waals surface area contributed by atoms with Crippen molar-refractivity contribution in [1.29, 1.82) is 0 Å². The second kappa shape index (κ2) is 6.70. The molecule has 1 amide bonds. The van der Waals surface area contributed by atoms with E-state index in [1.54, 1.807) is 6.20 Å². The van der Waals surface area contributed by atoms with Crippen LogP contribution in [0.4, 0.5) is 0 Å². The Morgan fingerprint density at radius 2 is 2.47 bits per heavy atom. The molecule has 0 saturated carbocycles. The first-order valence-electron chi connectivity index (χ1n) is 7.18. The SMILES string of the molecule is CC(C)c1nccn1CCC(=O)N[C@H]1CCCNC1. The molecule has 1 aromatic rings. The van der Waals surface area contributed by atoms with Gasteiger partial charge in [-0.3, -0.25) is 4.79 Å². The lowest BCUT2D eigenvalue weighted by atomic mass is 10.1. The predicted octanol–water partition coefficient (Wildman–Crippen LogP) is 1.26. The van der Waals surface area contributed by atoms with E-state index in [1.807, 2.05) is 6.20 Å². The van der Waals surface area contributed by atoms with Gasteiger partial charge in [0.05, 0.1) is 0 Å². The molecule has 1 saturated heterocycles. The lowest BCUT2D eigenvalue weighted by Gasteiger charge is -2.23. The number of amides is 1. The molecule has 5 nitrogen and oxygen atoms in total. The molecule has 0 unspecified atom stereocenters. The number of rotatable bonds is 5. The highest BCUT2D eigenvalue weighted by Gasteiger charge is 2.15. The van der Waals surface area contributed by atoms with Gasteiger partial charge in [0, 0.05) is 43.9 Å². The Hall–Kier alpha value is -1.36. The first-order valence-corrected chi connectivity index (χ1v) is 7.18. The number of nitrogens with one attached hydrogen (secondary N) is 2. The average molecular weight is 264 g/mol. The van der Waals surface area contributed by atoms with Gasteiger partial charge in [-0.1, -0.05) is 13.8 Å². The molecule has 0 bridgehead atoms. The summed E-state index contributed by atoms with van der Waals surface area (Å²) in [4.78, 5) is 16.2. The minimum absolute atomic E-state index is 0.136. The number of piperidine rings is 1. The molecule has 1 atom stereocenters. The summed E-state index contributed by atoms with van der Waals surface area (Å²) < 4.78 is 2.07. The molecule has 0 radical (unpaired) electrons. The third-order valence-corrected chi connectivity index (χ3v) is 3.51. The molecular weight excluding hydrogens is 240 g/mol. The van der Waals surface area contributed by atoms with Crippen molar-refractivity contribution in [2.24, 2.45) is 0 Å². The van der Waals surface area contributed by atoms with Crippen molar-refractivity contribution in [3.63, 3.8) is 0 Å². The molecule has 2 rings (SSSR count). The van der Waals surface area contributed by atoms with Crippen LogP contribution >= 0.6 is 0 Å². The van der Waals surface area contributed by atoms with Gasteiger partial charge in [0.1, 0.15) is 5.82 Å². The number of nitrogens with zero attached hydrogens (tertiary/aromatic N) is 2. The van der Waals surface area contributed by atoms with Crippen LogP contribution in [0.5, 0.6) is 0 Å². The minimum Gasteiger partial charge on any atom is -0.352 e. The fraction of sp³-hybridized carbons (Fsp3) is 0.714. The van der Waals surface area contributed by atoms with E-state index in [2.05, 4.69) is 34.0 Å². The molecule has 2 N–H and O–H groups in total. The Morgan fingerprint density at radius 1 is 1.63 bits per heavy atom. The Kier molecular flexibility index (Phi) is 4.96. The highest BCUT2D eigenvalue weighted by atomic mass is 16.1. The molecule has 0 aliphatic carbocycles. The van der Waals surface area contributed by atoms with Crippen molar-refractivity contribution in [3.05, 3.63) is 18.2 Å². The van der Waals surface area contributed by atoms with Crippen LogP contribution in [0.3, 0.4) is 0 Å². The van der Waals surface area contributed by atoms with Crippen molar-refractivity contribution < 1.29 is 4.79 Å². The molecule has 106 valence electrons. The molecule has 1 aliphatic rings. The summed E-state index contributed by atoms with van der Waals surface area (Å²) in [6.07, 6.45) is 6.50. The molecule has 1 fully saturated rings. The summed E-state index contributed by atoms with van der Waals surface area (Å²) in [5, 5.41) is 6.40. The monoisotopic (exact) mass is 264 g/mol. The van der Waals surface area contributed by atoms with Crippen LogP contribution in [0.2, 0.25) is 0 Å². The van der Waals surface area contributed by atoms with Gasteiger partial charge in [-0.15, -0.1) is 0 Å². The van der Waals surface area contributed by atoms with Gasteiger partial charge in [-0.25, -0.2) is 4.98 Å². The highest BCUT2D eigenvalue weighted by molar-refractivity contribution is 5.76. The zero-order valence-corrected chi connectivity index (χ0v) is 11.9. The molecular formula is C14H24N4O. The lowest BCUT2D eigenvalue weighted by molar-refractivity contribution is -0.122. The van der Waals surface area contributed by atoms with Gasteiger partial charge in [0.2, 0.25) is 5.91 Å². The summed E-state index contributed by atoms with van der Waals surface area (Å²) in [6.45, 7) is 6.91. The van der Waals surface area contributed by atoms with Crippen molar-refractivity contribution in [2.75, 3.05) is 13.1 Å². The average Bonchev–Trinajstić information content (AvgIpc) is 2.86. The predicted molar refractivity (Wildman–Crippen MR) is 75.0 cm³/mol. The molecule has 19 heavy (non-hydrogen) atoms. The van der Waals surface area contributed by atoms with E-state index in [-0.39, 0.29) is 5.91 Å². The van der Waals surface area contributed by atoms with Crippen molar-refractivity contribution in [1.82, 2.24) is 20.2 Å². The quantitative estimate of drug-likeness (QED) is 0.842. The van der Waals surface area contributed by atoms with E-state index >= 15 is 0 Å². The zero-order chi connectivity index (χ0) is 13.7. The van der Waals surface area contributed by atoms with Crippen molar-refractivity contribution >= 4 is 5.91 Å². The number of hydrogen-bond acceptors (Lipinski definition) is 3. The van der Waals surface area contributed by atoms with Crippen LogP contribution in [0.15, 0.2) is 12.4 Å². The van der Waals surface area contributed by atoms with Gasteiger partial charge in [-0.05, 0) is 19.4 Å². The first kappa shape index (κ1) is 14.1. The number of hydrogen-bond donors (Lipinski definition) is 2. The Balaban J connectivity index is 1.78. The first-order chi connectivity index (χ1) is 9.16. The normalized spacial score (nSPS) is 19.6. The molecule has 2 heterocycles. The maximum Gasteiger partial charge on any atom is 0.222 e. The van der Waals surface area contributed by atoms with Gasteiger partial charge in [0.25, 0.3) is 0 Å². The molecule has 5 heteroatoms. The smallest absolute Gasteiger partial charge is 0.222 e. The molecule has 1 aliphatic heterocycles. The summed E-state index contributed by atoms with van der Waals surface area (Å²) in [5.74, 6) is 1.57. The second-order valence-corrected chi connectivity index (χ2v) is 5.49. The van der Waals surface area contributed by atoms with Crippen LogP contribution in [-0.4, -0.2) is 34.6 Å². The molecule has 0 spiro atoms. The van der Waals surface area contributed by atoms with Crippen LogP contribution < -0.4 is 10.6 Å². The maximum absolute atomic E-state index is 11.9. The van der Waals surface area contributed by atoms with Crippen molar-refractivity contribution in [3.8, 4) is 0 Å². The number of aromatic nitrogens is 2. The van der Waals surface area contributed by atoms with E-state index in [9.17, 15) is 4.79 Å². The van der Waals surface area contributed by atoms with E-state index < -0.39 is 0 Å². The summed E-state index contributed by atoms with van der Waals surface area (Å²) in [7, 11) is 0. The van der Waals surface area contributed by atoms with E-state index in [0.717, 1.165) is 31.8 Å². The summed E-state index contributed by atoms with van der Waals surface area (Å²) >= 11 is 0. The van der Waals surface area contributed by atoms with Gasteiger partial charge in [0.15, 0.2) is 0 Å². The Bertz CT molecular complexity index is 407. The Morgan fingerprint density at radius 3 is 3.16 bits per heavy atom. The third-order valence-electron chi connectivity index (χ3n) is 3.51. The fourth-order valence-corrected chi connectivity index (χ4v) is 2.51. The summed E-state index contributed by atoms with van der Waals surface area (Å²) in [6, 6.07) is 0.300. The van der Waals surface area contributed by atoms with E-state index in [1.165, 1.54) is 0 Å². The second-order valence-electron chi connectivity index (χ2n) is 5.49. The van der Waals surface area contributed by atoms with Crippen LogP contribution in [0.25, 0.3) is 0 Å². The standard InChI is InChI=1S/C14H24N4O/c1-11(2)14-16-7-9-18(14)8-5-13(19)17-12-4-3-6-15-10-12/h7,9,11-12,15H,3-6,8,10H2,1-2H3,(H,17,19)/t12-/m0/s1. The molecule has 0 aromatic carbocycles. The third kappa shape index (κ3) is 4.06. The number of imidazole rings is 1. The fourth-order valence-electron chi connectivity index (χ4n) is 2.51. The topological polar surface area (TPSA) is 59.0 Å². The highest BCUT2D eigenvalue weighted by Crippen LogP contribution is 2.12. The van der Waals surface area contributed by atoms with Gasteiger partial charge in [-0.2, -0.15) is 0 Å². The van der Waals surface area contributed by atoms with E-state index in [4.69, 9.17) is 0 Å². The maximum atomic E-state index is 11.9. The lowest BCUT2D eigenvalue weighted by Crippen LogP contribution is -2.45. The Labute approximate surface area is 114 Å². The van der Waals surface area contributed by atoms with Crippen molar-refractivity contribution in [2.45, 2.75) is 51.6 Å². The van der Waals surface area contributed by atoms with Crippen LogP contribution in [0, 0.1) is 0 Å². The van der Waals surface area contributed by atoms with Crippen LogP contribution in [0.1, 0.15) is 44.9 Å². The summed E-state index contributed by atoms with van der Waals surface area (Å²) in [5.41, 5.74) is 0. The number of aryl methyl sites for hydroxylation is 1. The number of carbonyl (C=O) groups excluding carboxylic acids is 1. The van der Waals surface area contributed by atoms with E-state index in [0.29, 0.717) is 24.9 Å². The van der Waals surface area contributed by atoms with Gasteiger partial charge >= 0.3 is 0 Å². The van der Waals surface area contributed by atoms with Gasteiger partial charge < -0.3 is 15.2 Å². The molecule has 1 aromatic heterocycles. The van der Waals surface area contributed by atoms with Crippen LogP contribution in [-0.2, 0) is 11.3 Å².